The predicted octanol–water partition coefficient (Wildman–Crippen LogP) is 6.51. The van der Waals surface area contributed by atoms with Crippen molar-refractivity contribution in [2.24, 2.45) is 0 Å². The van der Waals surface area contributed by atoms with E-state index < -0.39 is 15.2 Å². The molecule has 0 aromatic heterocycles. The lowest BCUT2D eigenvalue weighted by molar-refractivity contribution is 0.744. The van der Waals surface area contributed by atoms with Gasteiger partial charge in [0.2, 0.25) is 0 Å². The molecule has 0 aromatic carbocycles. The van der Waals surface area contributed by atoms with Gasteiger partial charge in [-0.05, 0) is 22.2 Å². The van der Waals surface area contributed by atoms with Crippen molar-refractivity contribution in [3.05, 3.63) is 0 Å². The minimum Gasteiger partial charge on any atom is -0.136 e. The maximum absolute atomic E-state index is 6.36. The van der Waals surface area contributed by atoms with E-state index in [4.69, 9.17) is 12.8 Å². The van der Waals surface area contributed by atoms with Gasteiger partial charge in [-0.1, -0.05) is 81.1 Å². The van der Waals surface area contributed by atoms with Gasteiger partial charge in [-0.25, -0.2) is 0 Å². The third kappa shape index (κ3) is 3.11. The summed E-state index contributed by atoms with van der Waals surface area (Å²) in [7, 11) is -3.99. The Morgan fingerprint density at radius 2 is 0.773 bits per heavy atom. The molecule has 4 unspecified atom stereocenters. The van der Waals surface area contributed by atoms with Gasteiger partial charge in [-0.2, -0.15) is 0 Å². The molecule has 0 heterocycles. The quantitative estimate of drug-likeness (QED) is 0.333. The molecule has 2 heteroatoms. The molecule has 0 radical (unpaired) electrons. The first-order valence-corrected chi connectivity index (χ1v) is 14.6. The van der Waals surface area contributed by atoms with Crippen LogP contribution in [0.4, 0.5) is 0 Å². The highest BCUT2D eigenvalue weighted by Crippen LogP contribution is 2.52. The van der Waals surface area contributed by atoms with Crippen LogP contribution in [0, 0.1) is 23.9 Å². The molecule has 0 saturated heterocycles. The standard InChI is InChI=1S/C20H38Si2/c1-11-17(7)21(15-5,18(8)12-2)22(16-6,19(9)13-3)20(10)14-4/h5-6,17-20H,11-14H2,1-4,7-10H3. The molecule has 0 aliphatic rings. The Morgan fingerprint density at radius 3 is 0.864 bits per heavy atom. The molecule has 0 aliphatic carbocycles. The lowest BCUT2D eigenvalue weighted by atomic mass is 10.3. The van der Waals surface area contributed by atoms with Crippen molar-refractivity contribution in [3.8, 4) is 23.9 Å². The predicted molar refractivity (Wildman–Crippen MR) is 108 cm³/mol. The van der Waals surface area contributed by atoms with Crippen molar-refractivity contribution >= 4 is 15.2 Å². The van der Waals surface area contributed by atoms with E-state index in [0.29, 0.717) is 22.2 Å². The number of rotatable bonds is 9. The molecule has 126 valence electrons. The minimum absolute atomic E-state index is 0.623. The summed E-state index contributed by atoms with van der Waals surface area (Å²) in [4.78, 5) is 0. The lowest BCUT2D eigenvalue weighted by Gasteiger charge is -2.53. The van der Waals surface area contributed by atoms with Gasteiger partial charge in [0.25, 0.3) is 0 Å². The second kappa shape index (κ2) is 9.00. The van der Waals surface area contributed by atoms with Crippen LogP contribution in [-0.4, -0.2) is 15.2 Å². The second-order valence-electron chi connectivity index (χ2n) is 7.26. The van der Waals surface area contributed by atoms with E-state index in [1.54, 1.807) is 0 Å². The third-order valence-corrected chi connectivity index (χ3v) is 27.8. The molecular weight excluding hydrogens is 296 g/mol. The molecule has 0 aliphatic heterocycles. The van der Waals surface area contributed by atoms with Gasteiger partial charge in [-0.3, -0.25) is 0 Å². The highest BCUT2D eigenvalue weighted by Gasteiger charge is 2.62. The fourth-order valence-corrected chi connectivity index (χ4v) is 27.8. The largest absolute Gasteiger partial charge is 0.150 e. The Labute approximate surface area is 142 Å². The number of hydrogen-bond acceptors (Lipinski definition) is 0. The molecule has 0 fully saturated rings. The zero-order valence-electron chi connectivity index (χ0n) is 16.3. The summed E-state index contributed by atoms with van der Waals surface area (Å²) in [6.45, 7) is 18.8. The molecule has 0 saturated carbocycles. The van der Waals surface area contributed by atoms with Gasteiger partial charge in [0.1, 0.15) is 15.2 Å². The van der Waals surface area contributed by atoms with Gasteiger partial charge in [-0.15, -0.1) is 23.9 Å². The van der Waals surface area contributed by atoms with E-state index in [2.05, 4.69) is 66.5 Å². The zero-order valence-corrected chi connectivity index (χ0v) is 18.3. The van der Waals surface area contributed by atoms with Crippen LogP contribution in [0.1, 0.15) is 81.1 Å². The zero-order chi connectivity index (χ0) is 17.6. The van der Waals surface area contributed by atoms with Crippen LogP contribution in [-0.2, 0) is 0 Å². The van der Waals surface area contributed by atoms with E-state index >= 15 is 0 Å². The normalized spacial score (nSPS) is 22.3. The lowest BCUT2D eigenvalue weighted by Crippen LogP contribution is -2.69. The highest BCUT2D eigenvalue weighted by atomic mass is 29.3. The van der Waals surface area contributed by atoms with Gasteiger partial charge in [0, 0.05) is 0 Å². The van der Waals surface area contributed by atoms with E-state index in [1.165, 1.54) is 25.7 Å². The number of hydrogen-bond donors (Lipinski definition) is 0. The van der Waals surface area contributed by atoms with Crippen molar-refractivity contribution < 1.29 is 0 Å². The van der Waals surface area contributed by atoms with E-state index in [-0.39, 0.29) is 0 Å². The molecule has 0 amide bonds. The van der Waals surface area contributed by atoms with Crippen LogP contribution in [0.3, 0.4) is 0 Å². The van der Waals surface area contributed by atoms with Crippen molar-refractivity contribution in [2.45, 2.75) is 103 Å². The SMILES string of the molecule is C#C[Si](C(C)CC)(C(C)CC)[Si](C#C)(C(C)CC)C(C)CC. The number of terminal acetylenes is 2. The maximum Gasteiger partial charge on any atom is 0.150 e. The Morgan fingerprint density at radius 1 is 0.591 bits per heavy atom. The molecule has 22 heavy (non-hydrogen) atoms. The molecule has 0 spiro atoms. The summed E-state index contributed by atoms with van der Waals surface area (Å²) in [5.74, 6) is 0. The van der Waals surface area contributed by atoms with Gasteiger partial charge in [0.05, 0.1) is 0 Å². The Kier molecular flexibility index (Phi) is 8.82. The average Bonchev–Trinajstić information content (AvgIpc) is 2.56. The van der Waals surface area contributed by atoms with E-state index in [1.807, 2.05) is 0 Å². The molecule has 0 bridgehead atoms. The van der Waals surface area contributed by atoms with Gasteiger partial charge < -0.3 is 0 Å². The maximum atomic E-state index is 6.36. The van der Waals surface area contributed by atoms with E-state index in [0.717, 1.165) is 0 Å². The molecule has 0 aromatic rings. The first-order chi connectivity index (χ1) is 10.3. The topological polar surface area (TPSA) is 0 Å². The fraction of sp³-hybridized carbons (Fsp3) is 0.800. The molecule has 0 nitrogen and oxygen atoms in total. The summed E-state index contributed by atoms with van der Waals surface area (Å²) in [5.41, 5.74) is 9.49. The van der Waals surface area contributed by atoms with Crippen molar-refractivity contribution in [3.63, 3.8) is 0 Å². The van der Waals surface area contributed by atoms with Crippen LogP contribution in [0.2, 0.25) is 22.2 Å². The smallest absolute Gasteiger partial charge is 0.136 e. The van der Waals surface area contributed by atoms with E-state index in [9.17, 15) is 0 Å². The average molecular weight is 335 g/mol. The second-order valence-corrected chi connectivity index (χ2v) is 20.2. The van der Waals surface area contributed by atoms with Crippen LogP contribution in [0.15, 0.2) is 0 Å². The summed E-state index contributed by atoms with van der Waals surface area (Å²) in [6.07, 6.45) is 17.4. The van der Waals surface area contributed by atoms with Gasteiger partial charge in [0.15, 0.2) is 0 Å². The molecule has 0 rings (SSSR count). The van der Waals surface area contributed by atoms with Crippen LogP contribution < -0.4 is 0 Å². The van der Waals surface area contributed by atoms with Crippen LogP contribution >= 0.6 is 0 Å². The van der Waals surface area contributed by atoms with Gasteiger partial charge >= 0.3 is 0 Å². The molecule has 4 atom stereocenters. The Bertz CT molecular complexity index is 352. The Hall–Kier alpha value is -0.446. The van der Waals surface area contributed by atoms with Crippen molar-refractivity contribution in [1.29, 1.82) is 0 Å². The first-order valence-electron chi connectivity index (χ1n) is 9.25. The van der Waals surface area contributed by atoms with Crippen molar-refractivity contribution in [1.82, 2.24) is 0 Å². The summed E-state index contributed by atoms with van der Waals surface area (Å²) < 4.78 is 0. The van der Waals surface area contributed by atoms with Crippen molar-refractivity contribution in [2.75, 3.05) is 0 Å². The Balaban J connectivity index is 6.67. The minimum atomic E-state index is -1.99. The highest BCUT2D eigenvalue weighted by molar-refractivity contribution is 7.50. The summed E-state index contributed by atoms with van der Waals surface area (Å²) in [5, 5.41) is 0. The summed E-state index contributed by atoms with van der Waals surface area (Å²) >= 11 is 0. The fourth-order valence-electron chi connectivity index (χ4n) is 4.70. The molecular formula is C20H38Si2. The first kappa shape index (κ1) is 21.6. The van der Waals surface area contributed by atoms with Crippen LogP contribution in [0.5, 0.6) is 0 Å². The molecule has 0 N–H and O–H groups in total. The third-order valence-electron chi connectivity index (χ3n) is 6.72. The summed E-state index contributed by atoms with van der Waals surface area (Å²) in [6, 6.07) is 0. The monoisotopic (exact) mass is 334 g/mol. The van der Waals surface area contributed by atoms with Crippen LogP contribution in [0.25, 0.3) is 0 Å².